The molecule has 0 aliphatic heterocycles. The molecule has 13 heteroatoms. The van der Waals surface area contributed by atoms with E-state index in [1.807, 2.05) is 30.3 Å². The van der Waals surface area contributed by atoms with Gasteiger partial charge in [-0.15, -0.1) is 0 Å². The van der Waals surface area contributed by atoms with Crippen LogP contribution >= 0.6 is 0 Å². The number of carbonyl (C=O) groups excluding carboxylic acids is 4. The summed E-state index contributed by atoms with van der Waals surface area (Å²) in [5, 5.41) is 8.04. The summed E-state index contributed by atoms with van der Waals surface area (Å²) < 4.78 is 0. The van der Waals surface area contributed by atoms with Crippen LogP contribution in [0.1, 0.15) is 51.5 Å². The molecule has 0 saturated carbocycles. The molecule has 13 nitrogen and oxygen atoms in total. The van der Waals surface area contributed by atoms with Crippen molar-refractivity contribution in [3.63, 3.8) is 0 Å². The van der Waals surface area contributed by atoms with Crippen LogP contribution in [0, 0.1) is 5.92 Å². The second-order valence-electron chi connectivity index (χ2n) is 9.78. The molecule has 0 heterocycles. The molecule has 218 valence electrons. The fraction of sp³-hybridized carbons (Fsp3) is 0.577. The van der Waals surface area contributed by atoms with Crippen molar-refractivity contribution in [1.29, 1.82) is 0 Å². The summed E-state index contributed by atoms with van der Waals surface area (Å²) >= 11 is 0. The van der Waals surface area contributed by atoms with Gasteiger partial charge in [0.05, 0.1) is 6.04 Å². The van der Waals surface area contributed by atoms with Crippen molar-refractivity contribution < 1.29 is 19.2 Å². The van der Waals surface area contributed by atoms with E-state index in [2.05, 4.69) is 20.9 Å². The van der Waals surface area contributed by atoms with Gasteiger partial charge >= 0.3 is 0 Å². The van der Waals surface area contributed by atoms with Gasteiger partial charge in [0.2, 0.25) is 23.6 Å². The van der Waals surface area contributed by atoms with Gasteiger partial charge in [-0.2, -0.15) is 0 Å². The van der Waals surface area contributed by atoms with Crippen LogP contribution in [0.25, 0.3) is 0 Å². The van der Waals surface area contributed by atoms with Crippen molar-refractivity contribution >= 4 is 29.6 Å². The summed E-state index contributed by atoms with van der Waals surface area (Å²) in [6.07, 6.45) is 2.32. The normalized spacial score (nSPS) is 14.0. The Morgan fingerprint density at radius 3 is 1.92 bits per heavy atom. The van der Waals surface area contributed by atoms with E-state index in [1.54, 1.807) is 13.8 Å². The van der Waals surface area contributed by atoms with Gasteiger partial charge in [0, 0.05) is 6.54 Å². The molecule has 13 N–H and O–H groups in total. The van der Waals surface area contributed by atoms with E-state index in [9.17, 15) is 19.2 Å². The van der Waals surface area contributed by atoms with Crippen molar-refractivity contribution in [3.05, 3.63) is 35.9 Å². The molecule has 39 heavy (non-hydrogen) atoms. The smallest absolute Gasteiger partial charge is 0.243 e. The van der Waals surface area contributed by atoms with E-state index >= 15 is 0 Å². The highest BCUT2D eigenvalue weighted by Crippen LogP contribution is 2.08. The van der Waals surface area contributed by atoms with Gasteiger partial charge in [0.25, 0.3) is 0 Å². The predicted octanol–water partition coefficient (Wildman–Crippen LogP) is -1.67. The standard InChI is InChI=1S/C26H45N9O4/c1-16(2)21(22(29)36)35-25(39)19(11-6-7-13-27)34-24(38)20(12-8-14-32-26(30)31)33-23(37)18(28)15-17-9-4-3-5-10-17/h3-5,9-10,16,18-21H,6-8,11-15,27-28H2,1-2H3,(H2,29,36)(H,33,37)(H,34,38)(H,35,39)(H4,30,31,32)/t18-,19-,20-,21-/m0/s1. The lowest BCUT2D eigenvalue weighted by Crippen LogP contribution is -2.58. The lowest BCUT2D eigenvalue weighted by Gasteiger charge is -2.26. The summed E-state index contributed by atoms with van der Waals surface area (Å²) in [6, 6.07) is 5.48. The third kappa shape index (κ3) is 13.1. The highest BCUT2D eigenvalue weighted by Gasteiger charge is 2.30. The van der Waals surface area contributed by atoms with E-state index < -0.39 is 47.8 Å². The number of nitrogens with two attached hydrogens (primary N) is 5. The van der Waals surface area contributed by atoms with Gasteiger partial charge in [0.15, 0.2) is 5.96 Å². The van der Waals surface area contributed by atoms with Gasteiger partial charge in [0.1, 0.15) is 18.1 Å². The minimum Gasteiger partial charge on any atom is -0.370 e. The number of guanidine groups is 1. The third-order valence-corrected chi connectivity index (χ3v) is 6.06. The fourth-order valence-electron chi connectivity index (χ4n) is 3.87. The first kappa shape index (κ1) is 33.3. The Bertz CT molecular complexity index is 952. The summed E-state index contributed by atoms with van der Waals surface area (Å²) in [5.74, 6) is -2.66. The minimum absolute atomic E-state index is 0.0873. The van der Waals surface area contributed by atoms with Crippen LogP contribution in [-0.4, -0.2) is 66.8 Å². The molecule has 0 bridgehead atoms. The molecular weight excluding hydrogens is 502 g/mol. The first-order valence-corrected chi connectivity index (χ1v) is 13.2. The molecule has 0 aromatic heterocycles. The molecule has 0 spiro atoms. The molecule has 1 aromatic carbocycles. The molecule has 4 atom stereocenters. The zero-order chi connectivity index (χ0) is 29.4. The van der Waals surface area contributed by atoms with Crippen molar-refractivity contribution in [1.82, 2.24) is 16.0 Å². The minimum atomic E-state index is -1.00. The number of amides is 4. The Morgan fingerprint density at radius 1 is 0.821 bits per heavy atom. The third-order valence-electron chi connectivity index (χ3n) is 6.06. The molecule has 0 unspecified atom stereocenters. The molecule has 0 radical (unpaired) electrons. The van der Waals surface area contributed by atoms with Gasteiger partial charge in [-0.1, -0.05) is 44.2 Å². The number of nitrogens with zero attached hydrogens (tertiary/aromatic N) is 1. The van der Waals surface area contributed by atoms with Crippen LogP contribution in [0.15, 0.2) is 35.3 Å². The zero-order valence-electron chi connectivity index (χ0n) is 22.9. The molecular formula is C26H45N9O4. The van der Waals surface area contributed by atoms with Crippen molar-refractivity contribution in [2.75, 3.05) is 13.1 Å². The van der Waals surface area contributed by atoms with Crippen molar-refractivity contribution in [2.24, 2.45) is 39.6 Å². The SMILES string of the molecule is CC(C)[C@H](NC(=O)[C@H](CCCCN)NC(=O)[C@H](CCCN=C(N)N)NC(=O)[C@@H](N)Cc1ccccc1)C(N)=O. The number of benzene rings is 1. The van der Waals surface area contributed by atoms with Crippen LogP contribution in [0.4, 0.5) is 0 Å². The molecule has 0 aliphatic rings. The van der Waals surface area contributed by atoms with Crippen molar-refractivity contribution in [2.45, 2.75) is 76.5 Å². The van der Waals surface area contributed by atoms with E-state index in [4.69, 9.17) is 28.7 Å². The summed E-state index contributed by atoms with van der Waals surface area (Å²) in [6.45, 7) is 4.16. The second-order valence-corrected chi connectivity index (χ2v) is 9.78. The van der Waals surface area contributed by atoms with Gasteiger partial charge in [-0.05, 0) is 56.6 Å². The Labute approximate surface area is 230 Å². The average Bonchev–Trinajstić information content (AvgIpc) is 2.88. The number of hydrogen-bond acceptors (Lipinski definition) is 7. The first-order chi connectivity index (χ1) is 18.5. The zero-order valence-corrected chi connectivity index (χ0v) is 22.9. The van der Waals surface area contributed by atoms with E-state index in [0.29, 0.717) is 25.8 Å². The maximum atomic E-state index is 13.3. The van der Waals surface area contributed by atoms with Gasteiger partial charge in [-0.3, -0.25) is 24.2 Å². The molecule has 1 rings (SSSR count). The quantitative estimate of drug-likeness (QED) is 0.0598. The number of nitrogens with one attached hydrogen (secondary N) is 3. The van der Waals surface area contributed by atoms with E-state index in [-0.39, 0.29) is 37.7 Å². The molecule has 1 aromatic rings. The maximum absolute atomic E-state index is 13.3. The Kier molecular flexibility index (Phi) is 15.2. The Balaban J connectivity index is 3.03. The topological polar surface area (TPSA) is 247 Å². The van der Waals surface area contributed by atoms with Gasteiger partial charge < -0.3 is 44.6 Å². The fourth-order valence-corrected chi connectivity index (χ4v) is 3.87. The number of rotatable bonds is 18. The number of primary amides is 1. The molecule has 0 saturated heterocycles. The van der Waals surface area contributed by atoms with E-state index in [1.165, 1.54) is 0 Å². The van der Waals surface area contributed by atoms with Crippen LogP contribution in [-0.2, 0) is 25.6 Å². The highest BCUT2D eigenvalue weighted by molar-refractivity contribution is 5.94. The molecule has 0 fully saturated rings. The number of carbonyl (C=O) groups is 4. The summed E-state index contributed by atoms with van der Waals surface area (Å²) in [7, 11) is 0. The number of aliphatic imine (C=N–C) groups is 1. The molecule has 0 aliphatic carbocycles. The maximum Gasteiger partial charge on any atom is 0.243 e. The number of unbranched alkanes of at least 4 members (excludes halogenated alkanes) is 1. The van der Waals surface area contributed by atoms with Crippen LogP contribution < -0.4 is 44.6 Å². The van der Waals surface area contributed by atoms with Crippen LogP contribution in [0.5, 0.6) is 0 Å². The Hall–Kier alpha value is -3.71. The van der Waals surface area contributed by atoms with Crippen LogP contribution in [0.2, 0.25) is 0 Å². The largest absolute Gasteiger partial charge is 0.370 e. The summed E-state index contributed by atoms with van der Waals surface area (Å²) in [4.78, 5) is 55.0. The Morgan fingerprint density at radius 2 is 1.38 bits per heavy atom. The van der Waals surface area contributed by atoms with Crippen molar-refractivity contribution in [3.8, 4) is 0 Å². The number of hydrogen-bond donors (Lipinski definition) is 8. The monoisotopic (exact) mass is 547 g/mol. The second kappa shape index (κ2) is 17.7. The molecule has 4 amide bonds. The van der Waals surface area contributed by atoms with Crippen LogP contribution in [0.3, 0.4) is 0 Å². The summed E-state index contributed by atoms with van der Waals surface area (Å²) in [5.41, 5.74) is 28.8. The lowest BCUT2D eigenvalue weighted by atomic mass is 10.0. The van der Waals surface area contributed by atoms with E-state index in [0.717, 1.165) is 5.56 Å². The van der Waals surface area contributed by atoms with Gasteiger partial charge in [-0.25, -0.2) is 0 Å². The first-order valence-electron chi connectivity index (χ1n) is 13.2. The average molecular weight is 548 g/mol. The predicted molar refractivity (Wildman–Crippen MR) is 151 cm³/mol. The lowest BCUT2D eigenvalue weighted by molar-refractivity contribution is -0.134. The highest BCUT2D eigenvalue weighted by atomic mass is 16.2.